The Morgan fingerprint density at radius 3 is 2.24 bits per heavy atom. The minimum Gasteiger partial charge on any atom is -0.460 e. The third kappa shape index (κ3) is 4.98. The normalized spacial score (nSPS) is 21.2. The van der Waals surface area contributed by atoms with Crippen molar-refractivity contribution in [3.8, 4) is 0 Å². The van der Waals surface area contributed by atoms with E-state index in [9.17, 15) is 19.7 Å². The maximum Gasteiger partial charge on any atom is 0.315 e. The highest BCUT2D eigenvalue weighted by Crippen LogP contribution is 2.47. The van der Waals surface area contributed by atoms with Crippen molar-refractivity contribution < 1.29 is 19.2 Å². The summed E-state index contributed by atoms with van der Waals surface area (Å²) in [5.74, 6) is -1.96. The monoisotopic (exact) mass is 494 g/mol. The minimum absolute atomic E-state index is 0.00286. The number of carbonyl (C=O) groups excluding carboxylic acids is 2. The molecule has 1 unspecified atom stereocenters. The van der Waals surface area contributed by atoms with Crippen LogP contribution in [-0.2, 0) is 20.9 Å². The van der Waals surface area contributed by atoms with Gasteiger partial charge in [-0.3, -0.25) is 24.7 Å². The Hall–Kier alpha value is -4.39. The summed E-state index contributed by atoms with van der Waals surface area (Å²) in [6, 6.07) is 25.3. The average Bonchev–Trinajstić information content (AvgIpc) is 2.92. The molecule has 3 aromatic rings. The van der Waals surface area contributed by atoms with E-state index in [0.717, 1.165) is 11.1 Å². The maximum absolute atomic E-state index is 13.6. The third-order valence-electron chi connectivity index (χ3n) is 7.10. The van der Waals surface area contributed by atoms with Gasteiger partial charge in [-0.2, -0.15) is 0 Å². The molecule has 2 aliphatic rings. The number of non-ortho nitro benzene ring substituents is 1. The van der Waals surface area contributed by atoms with Crippen molar-refractivity contribution in [2.45, 2.75) is 38.2 Å². The Kier molecular flexibility index (Phi) is 6.77. The van der Waals surface area contributed by atoms with Gasteiger partial charge in [0.15, 0.2) is 5.78 Å². The van der Waals surface area contributed by atoms with E-state index in [-0.39, 0.29) is 24.0 Å². The molecule has 7 nitrogen and oxygen atoms in total. The fourth-order valence-electron chi connectivity index (χ4n) is 5.31. The zero-order valence-electron chi connectivity index (χ0n) is 20.4. The lowest BCUT2D eigenvalue weighted by atomic mass is 9.69. The van der Waals surface area contributed by atoms with E-state index >= 15 is 0 Å². The predicted molar refractivity (Wildman–Crippen MR) is 139 cm³/mol. The molecule has 0 N–H and O–H groups in total. The van der Waals surface area contributed by atoms with Crippen LogP contribution in [0.4, 0.5) is 5.69 Å². The number of rotatable bonds is 6. The highest BCUT2D eigenvalue weighted by molar-refractivity contribution is 6.09. The molecule has 5 rings (SSSR count). The van der Waals surface area contributed by atoms with E-state index in [1.54, 1.807) is 19.1 Å². The molecular formula is C30H26N2O5. The largest absolute Gasteiger partial charge is 0.460 e. The standard InChI is InChI=1S/C30H26N2O5/c1-19-27(30(34)37-18-20-8-4-2-5-9-20)28(22-12-14-24(15-13-22)32(35)36)29-25(31-19)16-23(17-26(29)33)21-10-6-3-7-11-21/h2-15,23,27-28H,16-18H2,1H3/t23-,27?,28-/m1/s1. The number of nitrogens with zero attached hydrogens (tertiary/aromatic N) is 2. The smallest absolute Gasteiger partial charge is 0.315 e. The highest BCUT2D eigenvalue weighted by Gasteiger charge is 2.44. The van der Waals surface area contributed by atoms with Gasteiger partial charge in [-0.15, -0.1) is 0 Å². The summed E-state index contributed by atoms with van der Waals surface area (Å²) in [5, 5.41) is 11.2. The molecule has 0 radical (unpaired) electrons. The van der Waals surface area contributed by atoms with Crippen LogP contribution in [0.1, 0.15) is 48.3 Å². The Morgan fingerprint density at radius 2 is 1.59 bits per heavy atom. The molecule has 0 bridgehead atoms. The van der Waals surface area contributed by atoms with Crippen LogP contribution in [0.3, 0.4) is 0 Å². The second kappa shape index (κ2) is 10.3. The topological polar surface area (TPSA) is 98.9 Å². The predicted octanol–water partition coefficient (Wildman–Crippen LogP) is 5.91. The van der Waals surface area contributed by atoms with Crippen molar-refractivity contribution in [2.75, 3.05) is 0 Å². The molecule has 0 amide bonds. The summed E-state index contributed by atoms with van der Waals surface area (Å²) < 4.78 is 5.70. The first-order chi connectivity index (χ1) is 17.9. The number of benzene rings is 3. The Morgan fingerprint density at radius 1 is 0.946 bits per heavy atom. The van der Waals surface area contributed by atoms with E-state index in [1.807, 2.05) is 60.7 Å². The lowest BCUT2D eigenvalue weighted by Crippen LogP contribution is -2.38. The fourth-order valence-corrected chi connectivity index (χ4v) is 5.31. The first-order valence-corrected chi connectivity index (χ1v) is 12.2. The van der Waals surface area contributed by atoms with E-state index in [2.05, 4.69) is 0 Å². The average molecular weight is 495 g/mol. The Balaban J connectivity index is 1.52. The molecule has 7 heteroatoms. The minimum atomic E-state index is -0.804. The van der Waals surface area contributed by atoms with E-state index in [0.29, 0.717) is 35.4 Å². The molecule has 1 heterocycles. The van der Waals surface area contributed by atoms with Crippen molar-refractivity contribution in [2.24, 2.45) is 10.9 Å². The number of hydrogen-bond donors (Lipinski definition) is 0. The summed E-state index contributed by atoms with van der Waals surface area (Å²) in [5.41, 5.74) is 4.29. The molecule has 0 saturated heterocycles. The summed E-state index contributed by atoms with van der Waals surface area (Å²) >= 11 is 0. The Labute approximate surface area is 214 Å². The van der Waals surface area contributed by atoms with Gasteiger partial charge in [0.1, 0.15) is 12.5 Å². The molecule has 3 aromatic carbocycles. The van der Waals surface area contributed by atoms with Gasteiger partial charge >= 0.3 is 5.97 Å². The molecule has 0 spiro atoms. The molecule has 1 aliphatic carbocycles. The van der Waals surface area contributed by atoms with Crippen LogP contribution in [0, 0.1) is 16.0 Å². The molecule has 0 aromatic heterocycles. The third-order valence-corrected chi connectivity index (χ3v) is 7.10. The van der Waals surface area contributed by atoms with Gasteiger partial charge in [-0.1, -0.05) is 72.8 Å². The number of nitro benzene ring substituents is 1. The van der Waals surface area contributed by atoms with E-state index in [4.69, 9.17) is 9.73 Å². The number of ether oxygens (including phenoxy) is 1. The van der Waals surface area contributed by atoms with Crippen LogP contribution in [-0.4, -0.2) is 22.4 Å². The van der Waals surface area contributed by atoms with Gasteiger partial charge in [0.05, 0.1) is 4.92 Å². The van der Waals surface area contributed by atoms with Crippen molar-refractivity contribution in [1.82, 2.24) is 0 Å². The fraction of sp³-hybridized carbons (Fsp3) is 0.233. The van der Waals surface area contributed by atoms with Gasteiger partial charge in [-0.25, -0.2) is 0 Å². The van der Waals surface area contributed by atoms with Gasteiger partial charge < -0.3 is 4.74 Å². The van der Waals surface area contributed by atoms with Gasteiger partial charge in [0.2, 0.25) is 0 Å². The van der Waals surface area contributed by atoms with Crippen molar-refractivity contribution in [3.63, 3.8) is 0 Å². The summed E-state index contributed by atoms with van der Waals surface area (Å²) in [7, 11) is 0. The first-order valence-electron chi connectivity index (χ1n) is 12.2. The van der Waals surface area contributed by atoms with Crippen molar-refractivity contribution >= 4 is 23.2 Å². The van der Waals surface area contributed by atoms with Crippen LogP contribution in [0.15, 0.2) is 101 Å². The van der Waals surface area contributed by atoms with Crippen molar-refractivity contribution in [1.29, 1.82) is 0 Å². The number of esters is 1. The van der Waals surface area contributed by atoms with Crippen LogP contribution in [0.5, 0.6) is 0 Å². The molecule has 0 fully saturated rings. The van der Waals surface area contributed by atoms with Crippen molar-refractivity contribution in [3.05, 3.63) is 123 Å². The van der Waals surface area contributed by atoms with E-state index < -0.39 is 22.7 Å². The van der Waals surface area contributed by atoms with Crippen LogP contribution in [0.25, 0.3) is 0 Å². The highest BCUT2D eigenvalue weighted by atomic mass is 16.6. The number of carbonyl (C=O) groups is 2. The lowest BCUT2D eigenvalue weighted by Gasteiger charge is -2.36. The molecular weight excluding hydrogens is 468 g/mol. The number of hydrogen-bond acceptors (Lipinski definition) is 6. The lowest BCUT2D eigenvalue weighted by molar-refractivity contribution is -0.384. The maximum atomic E-state index is 13.6. The van der Waals surface area contributed by atoms with Crippen LogP contribution < -0.4 is 0 Å². The van der Waals surface area contributed by atoms with Gasteiger partial charge in [0.25, 0.3) is 5.69 Å². The number of Topliss-reactive ketones (excluding diaryl/α,β-unsaturated/α-hetero) is 1. The molecule has 0 saturated carbocycles. The second-order valence-electron chi connectivity index (χ2n) is 9.45. The number of nitro groups is 1. The summed E-state index contributed by atoms with van der Waals surface area (Å²) in [6.07, 6.45) is 0.893. The number of allylic oxidation sites excluding steroid dienone is 2. The molecule has 37 heavy (non-hydrogen) atoms. The van der Waals surface area contributed by atoms with Crippen LogP contribution >= 0.6 is 0 Å². The SMILES string of the molecule is CC1=NC2=C(C(=O)C[C@H](c3ccccc3)C2)[C@H](c2ccc([N+](=O)[O-])cc2)C1C(=O)OCc1ccccc1. The summed E-state index contributed by atoms with van der Waals surface area (Å²) in [6.45, 7) is 1.89. The van der Waals surface area contributed by atoms with Gasteiger partial charge in [0, 0.05) is 41.5 Å². The molecule has 186 valence electrons. The number of aliphatic imine (C=N–C) groups is 1. The first kappa shape index (κ1) is 24.3. The Bertz CT molecular complexity index is 1390. The second-order valence-corrected chi connectivity index (χ2v) is 9.45. The number of ketones is 1. The zero-order valence-corrected chi connectivity index (χ0v) is 20.4. The zero-order chi connectivity index (χ0) is 25.9. The van der Waals surface area contributed by atoms with Crippen LogP contribution in [0.2, 0.25) is 0 Å². The summed E-state index contributed by atoms with van der Waals surface area (Å²) in [4.78, 5) is 42.6. The quantitative estimate of drug-likeness (QED) is 0.241. The van der Waals surface area contributed by atoms with Gasteiger partial charge in [-0.05, 0) is 36.0 Å². The molecule has 1 aliphatic heterocycles. The van der Waals surface area contributed by atoms with E-state index in [1.165, 1.54) is 12.1 Å². The molecule has 3 atom stereocenters.